The number of hydrogen-bond donors (Lipinski definition) is 2. The molecule has 0 saturated heterocycles. The van der Waals surface area contributed by atoms with Gasteiger partial charge < -0.3 is 10.4 Å². The molecular formula is C15H31NO2. The Morgan fingerprint density at radius 2 is 1.50 bits per heavy atom. The van der Waals surface area contributed by atoms with Crippen LogP contribution in [-0.4, -0.2) is 23.2 Å². The standard InChI is InChI=1S/C15H31NO2/c1-12(2)10-8-6-5-7-9-11-15(18)13(3)16-14(4)17/h12-13,15,18H,5-11H2,1-4H3,(H,16,17)/t13-,15+/m1/s1. The molecule has 0 saturated carbocycles. The third-order valence-corrected chi connectivity index (χ3v) is 3.29. The van der Waals surface area contributed by atoms with Crippen LogP contribution in [0.15, 0.2) is 0 Å². The van der Waals surface area contributed by atoms with Crippen LogP contribution in [0, 0.1) is 5.92 Å². The van der Waals surface area contributed by atoms with Gasteiger partial charge in [-0.25, -0.2) is 0 Å². The lowest BCUT2D eigenvalue weighted by molar-refractivity contribution is -0.120. The molecule has 0 unspecified atom stereocenters. The molecule has 2 N–H and O–H groups in total. The number of aliphatic hydroxyl groups is 1. The van der Waals surface area contributed by atoms with Gasteiger partial charge in [-0.15, -0.1) is 0 Å². The predicted molar refractivity (Wildman–Crippen MR) is 76.4 cm³/mol. The van der Waals surface area contributed by atoms with Gasteiger partial charge in [-0.1, -0.05) is 52.4 Å². The van der Waals surface area contributed by atoms with Crippen LogP contribution < -0.4 is 5.32 Å². The summed E-state index contributed by atoms with van der Waals surface area (Å²) in [6, 6.07) is -0.136. The summed E-state index contributed by atoms with van der Waals surface area (Å²) in [5.41, 5.74) is 0. The normalized spacial score (nSPS) is 14.6. The third-order valence-electron chi connectivity index (χ3n) is 3.29. The summed E-state index contributed by atoms with van der Waals surface area (Å²) in [7, 11) is 0. The average Bonchev–Trinajstić information content (AvgIpc) is 2.26. The van der Waals surface area contributed by atoms with Gasteiger partial charge in [0.15, 0.2) is 0 Å². The smallest absolute Gasteiger partial charge is 0.217 e. The molecule has 1 amide bonds. The molecule has 0 heterocycles. The first-order valence-corrected chi connectivity index (χ1v) is 7.38. The van der Waals surface area contributed by atoms with Crippen molar-refractivity contribution in [3.05, 3.63) is 0 Å². The molecule has 0 radical (unpaired) electrons. The van der Waals surface area contributed by atoms with Crippen LogP contribution in [0.1, 0.15) is 72.6 Å². The van der Waals surface area contributed by atoms with Crippen LogP contribution >= 0.6 is 0 Å². The molecule has 0 aromatic rings. The molecule has 0 aromatic heterocycles. The summed E-state index contributed by atoms with van der Waals surface area (Å²) in [6.07, 6.45) is 7.80. The highest BCUT2D eigenvalue weighted by atomic mass is 16.3. The fourth-order valence-corrected chi connectivity index (χ4v) is 2.10. The van der Waals surface area contributed by atoms with E-state index in [-0.39, 0.29) is 11.9 Å². The zero-order valence-corrected chi connectivity index (χ0v) is 12.5. The highest BCUT2D eigenvalue weighted by molar-refractivity contribution is 5.73. The Kier molecular flexibility index (Phi) is 10.0. The lowest BCUT2D eigenvalue weighted by Crippen LogP contribution is -2.39. The van der Waals surface area contributed by atoms with E-state index in [0.29, 0.717) is 0 Å². The summed E-state index contributed by atoms with van der Waals surface area (Å²) in [6.45, 7) is 7.87. The van der Waals surface area contributed by atoms with Crippen molar-refractivity contribution >= 4 is 5.91 Å². The zero-order valence-electron chi connectivity index (χ0n) is 12.5. The third kappa shape index (κ3) is 10.6. The summed E-state index contributed by atoms with van der Waals surface area (Å²) in [5.74, 6) is 0.737. The van der Waals surface area contributed by atoms with E-state index in [1.165, 1.54) is 39.0 Å². The van der Waals surface area contributed by atoms with E-state index >= 15 is 0 Å². The van der Waals surface area contributed by atoms with Gasteiger partial charge in [-0.05, 0) is 19.3 Å². The van der Waals surface area contributed by atoms with Gasteiger partial charge in [0.2, 0.25) is 5.91 Å². The lowest BCUT2D eigenvalue weighted by atomic mass is 10.0. The van der Waals surface area contributed by atoms with Crippen molar-refractivity contribution in [2.45, 2.75) is 84.8 Å². The largest absolute Gasteiger partial charge is 0.391 e. The van der Waals surface area contributed by atoms with E-state index in [4.69, 9.17) is 0 Å². The topological polar surface area (TPSA) is 49.3 Å². The second kappa shape index (κ2) is 10.4. The summed E-state index contributed by atoms with van der Waals surface area (Å²) >= 11 is 0. The molecule has 18 heavy (non-hydrogen) atoms. The molecule has 108 valence electrons. The molecule has 0 fully saturated rings. The van der Waals surface area contributed by atoms with Crippen LogP contribution in [0.4, 0.5) is 0 Å². The minimum absolute atomic E-state index is 0.0739. The van der Waals surface area contributed by atoms with Gasteiger partial charge in [0.1, 0.15) is 0 Å². The van der Waals surface area contributed by atoms with Crippen LogP contribution in [0.3, 0.4) is 0 Å². The van der Waals surface area contributed by atoms with Crippen LogP contribution in [0.25, 0.3) is 0 Å². The highest BCUT2D eigenvalue weighted by Crippen LogP contribution is 2.12. The number of hydrogen-bond acceptors (Lipinski definition) is 2. The second-order valence-corrected chi connectivity index (χ2v) is 5.80. The van der Waals surface area contributed by atoms with Gasteiger partial charge in [0, 0.05) is 6.92 Å². The summed E-state index contributed by atoms with van der Waals surface area (Å²) < 4.78 is 0. The molecular weight excluding hydrogens is 226 g/mol. The van der Waals surface area contributed by atoms with E-state index in [2.05, 4.69) is 19.2 Å². The Bertz CT molecular complexity index is 217. The van der Waals surface area contributed by atoms with Crippen molar-refractivity contribution in [1.29, 1.82) is 0 Å². The maximum Gasteiger partial charge on any atom is 0.217 e. The van der Waals surface area contributed by atoms with Crippen molar-refractivity contribution < 1.29 is 9.90 Å². The van der Waals surface area contributed by atoms with Crippen molar-refractivity contribution in [2.75, 3.05) is 0 Å². The highest BCUT2D eigenvalue weighted by Gasteiger charge is 2.13. The Balaban J connectivity index is 3.40. The van der Waals surface area contributed by atoms with Crippen molar-refractivity contribution in [2.24, 2.45) is 5.92 Å². The van der Waals surface area contributed by atoms with E-state index < -0.39 is 6.10 Å². The number of aliphatic hydroxyl groups excluding tert-OH is 1. The number of rotatable bonds is 10. The Labute approximate surface area is 112 Å². The number of amides is 1. The first kappa shape index (κ1) is 17.4. The predicted octanol–water partition coefficient (Wildman–Crippen LogP) is 3.26. The molecule has 0 rings (SSSR count). The fraction of sp³-hybridized carbons (Fsp3) is 0.933. The lowest BCUT2D eigenvalue weighted by Gasteiger charge is -2.19. The van der Waals surface area contributed by atoms with E-state index in [0.717, 1.165) is 18.8 Å². The average molecular weight is 257 g/mol. The van der Waals surface area contributed by atoms with Crippen molar-refractivity contribution in [3.8, 4) is 0 Å². The summed E-state index contributed by atoms with van der Waals surface area (Å²) in [4.78, 5) is 10.8. The van der Waals surface area contributed by atoms with Gasteiger partial charge in [-0.3, -0.25) is 4.79 Å². The fourth-order valence-electron chi connectivity index (χ4n) is 2.10. The maximum atomic E-state index is 10.8. The van der Waals surface area contributed by atoms with E-state index in [1.54, 1.807) is 0 Å². The Morgan fingerprint density at radius 1 is 1.00 bits per heavy atom. The minimum atomic E-state index is -0.412. The first-order valence-electron chi connectivity index (χ1n) is 7.38. The Hall–Kier alpha value is -0.570. The molecule has 0 aliphatic rings. The van der Waals surface area contributed by atoms with Gasteiger partial charge >= 0.3 is 0 Å². The van der Waals surface area contributed by atoms with Gasteiger partial charge in [0.25, 0.3) is 0 Å². The van der Waals surface area contributed by atoms with E-state index in [9.17, 15) is 9.90 Å². The second-order valence-electron chi connectivity index (χ2n) is 5.80. The number of nitrogens with one attached hydrogen (secondary N) is 1. The monoisotopic (exact) mass is 257 g/mol. The quantitative estimate of drug-likeness (QED) is 0.590. The zero-order chi connectivity index (χ0) is 14.0. The SMILES string of the molecule is CC(=O)N[C@H](C)[C@@H](O)CCCCCCCC(C)C. The molecule has 0 aliphatic carbocycles. The molecule has 0 bridgehead atoms. The number of unbranched alkanes of at least 4 members (excludes halogenated alkanes) is 4. The molecule has 3 heteroatoms. The van der Waals surface area contributed by atoms with Crippen LogP contribution in [-0.2, 0) is 4.79 Å². The van der Waals surface area contributed by atoms with Gasteiger partial charge in [-0.2, -0.15) is 0 Å². The number of carbonyl (C=O) groups excluding carboxylic acids is 1. The maximum absolute atomic E-state index is 10.8. The molecule has 0 aromatic carbocycles. The van der Waals surface area contributed by atoms with Gasteiger partial charge in [0.05, 0.1) is 12.1 Å². The van der Waals surface area contributed by atoms with Crippen LogP contribution in [0.5, 0.6) is 0 Å². The molecule has 0 aliphatic heterocycles. The van der Waals surface area contributed by atoms with Crippen LogP contribution in [0.2, 0.25) is 0 Å². The minimum Gasteiger partial charge on any atom is -0.391 e. The van der Waals surface area contributed by atoms with Crippen molar-refractivity contribution in [1.82, 2.24) is 5.32 Å². The summed E-state index contributed by atoms with van der Waals surface area (Å²) in [5, 5.41) is 12.6. The first-order chi connectivity index (χ1) is 8.43. The molecule has 3 nitrogen and oxygen atoms in total. The molecule has 0 spiro atoms. The van der Waals surface area contributed by atoms with E-state index in [1.807, 2.05) is 6.92 Å². The number of carbonyl (C=O) groups is 1. The van der Waals surface area contributed by atoms with Crippen molar-refractivity contribution in [3.63, 3.8) is 0 Å². The molecule has 2 atom stereocenters. The Morgan fingerprint density at radius 3 is 2.00 bits per heavy atom.